The predicted octanol–water partition coefficient (Wildman–Crippen LogP) is -0.531. The predicted molar refractivity (Wildman–Crippen MR) is 289 cm³/mol. The third-order valence-electron chi connectivity index (χ3n) is 13.1. The van der Waals surface area contributed by atoms with Gasteiger partial charge < -0.3 is 100 Å². The minimum absolute atomic E-state index is 0.192. The van der Waals surface area contributed by atoms with Crippen LogP contribution in [0.3, 0.4) is 0 Å². The highest BCUT2D eigenvalue weighted by Gasteiger charge is 2.61. The first-order chi connectivity index (χ1) is 42.8. The lowest BCUT2D eigenvalue weighted by Crippen LogP contribution is -2.71. The molecule has 0 aliphatic carbocycles. The topological polar surface area (TPSA) is 419 Å². The molecule has 0 spiro atoms. The zero-order chi connectivity index (χ0) is 67.6. The van der Waals surface area contributed by atoms with Gasteiger partial charge in [0.1, 0.15) is 75.2 Å². The van der Waals surface area contributed by atoms with Gasteiger partial charge in [-0.25, -0.2) is 0 Å². The van der Waals surface area contributed by atoms with Crippen LogP contribution in [-0.4, -0.2) is 227 Å². The molecule has 0 radical (unpaired) electrons. The number of nitrogens with one attached hydrogen (secondary N) is 1. The molecule has 1 amide bonds. The maximum Gasteiger partial charge on any atom is 0.303 e. The van der Waals surface area contributed by atoms with Gasteiger partial charge in [0.05, 0.1) is 6.61 Å². The molecule has 34 heteroatoms. The van der Waals surface area contributed by atoms with Crippen molar-refractivity contribution in [3.63, 3.8) is 0 Å². The normalized spacial score (nSPS) is 31.0. The Morgan fingerprint density at radius 2 is 0.604 bits per heavy atom. The van der Waals surface area contributed by atoms with Gasteiger partial charge in [-0.15, -0.1) is 0 Å². The molecule has 4 aliphatic rings. The summed E-state index contributed by atoms with van der Waals surface area (Å²) >= 11 is 0. The van der Waals surface area contributed by atoms with Crippen LogP contribution in [0.25, 0.3) is 0 Å². The Morgan fingerprint density at radius 1 is 0.319 bits per heavy atom. The Hall–Kier alpha value is -7.99. The number of hydrogen-bond donors (Lipinski definition) is 1. The molecule has 4 fully saturated rings. The molecule has 0 saturated carbocycles. The Balaban J connectivity index is 1.73. The lowest BCUT2D eigenvalue weighted by Gasteiger charge is -2.51. The van der Waals surface area contributed by atoms with Crippen LogP contribution in [0.15, 0.2) is 30.3 Å². The quantitative estimate of drug-likeness (QED) is 0.0900. The van der Waals surface area contributed by atoms with Gasteiger partial charge in [-0.05, 0) is 5.56 Å². The second-order valence-corrected chi connectivity index (χ2v) is 20.8. The SMILES string of the molecule is CC(=O)NC1C(OC2C(OC(C)=O)C(COC(C)=O)OC(OC3C(COC(C)=O)OC(OCc4ccccc4)C(OC(C)=O)C3OC(C)=O)C2OC(C)=O)OC(COC(C)=O)C(OC2OC(COC(C)=O)C(OC(C)=O)C(OC(C)=O)C2OC(C)=O)C1OC(C)=O. The fourth-order valence-corrected chi connectivity index (χ4v) is 10.0. The highest BCUT2D eigenvalue weighted by Crippen LogP contribution is 2.40. The second kappa shape index (κ2) is 34.4. The third-order valence-corrected chi connectivity index (χ3v) is 13.1. The van der Waals surface area contributed by atoms with Gasteiger partial charge in [-0.1, -0.05) is 30.3 Å². The summed E-state index contributed by atoms with van der Waals surface area (Å²) in [6, 6.07) is 6.65. The van der Waals surface area contributed by atoms with E-state index in [0.717, 1.165) is 90.0 Å². The van der Waals surface area contributed by atoms with E-state index in [9.17, 15) is 62.3 Å². The van der Waals surface area contributed by atoms with Crippen molar-refractivity contribution in [2.24, 2.45) is 0 Å². The largest absolute Gasteiger partial charge is 0.463 e. The van der Waals surface area contributed by atoms with Crippen LogP contribution >= 0.6 is 0 Å². The molecule has 0 bridgehead atoms. The lowest BCUT2D eigenvalue weighted by atomic mass is 9.93. The number of carbonyl (C=O) groups excluding carboxylic acids is 13. The van der Waals surface area contributed by atoms with Gasteiger partial charge in [0.25, 0.3) is 0 Å². The van der Waals surface area contributed by atoms with Crippen LogP contribution in [0.5, 0.6) is 0 Å². The average Bonchev–Trinajstić information content (AvgIpc) is 0.775. The Labute approximate surface area is 520 Å². The van der Waals surface area contributed by atoms with Crippen molar-refractivity contribution >= 4 is 77.5 Å². The van der Waals surface area contributed by atoms with E-state index in [-0.39, 0.29) is 6.61 Å². The van der Waals surface area contributed by atoms with Crippen LogP contribution in [0.4, 0.5) is 0 Å². The van der Waals surface area contributed by atoms with E-state index in [1.165, 1.54) is 0 Å². The molecule has 1 aromatic rings. The highest BCUT2D eigenvalue weighted by atomic mass is 16.8. The van der Waals surface area contributed by atoms with Crippen LogP contribution in [0, 0.1) is 0 Å². The monoisotopic (exact) mass is 1300 g/mol. The van der Waals surface area contributed by atoms with Crippen molar-refractivity contribution in [2.75, 3.05) is 26.4 Å². The number of esters is 12. The third kappa shape index (κ3) is 22.4. The van der Waals surface area contributed by atoms with E-state index in [2.05, 4.69) is 5.32 Å². The zero-order valence-corrected chi connectivity index (χ0v) is 51.9. The summed E-state index contributed by atoms with van der Waals surface area (Å²) in [6.07, 6.45) is -35.8. The zero-order valence-electron chi connectivity index (χ0n) is 51.9. The first-order valence-corrected chi connectivity index (χ1v) is 28.2. The summed E-state index contributed by atoms with van der Waals surface area (Å²) < 4.78 is 119. The maximum atomic E-state index is 13.5. The molecule has 20 atom stereocenters. The molecule has 5 rings (SSSR count). The number of benzene rings is 1. The van der Waals surface area contributed by atoms with Gasteiger partial charge in [-0.3, -0.25) is 62.3 Å². The maximum absolute atomic E-state index is 13.5. The van der Waals surface area contributed by atoms with Gasteiger partial charge in [0.2, 0.25) is 5.91 Å². The van der Waals surface area contributed by atoms with Crippen molar-refractivity contribution in [1.29, 1.82) is 0 Å². The molecule has 4 saturated heterocycles. The van der Waals surface area contributed by atoms with E-state index in [1.807, 2.05) is 0 Å². The van der Waals surface area contributed by atoms with E-state index >= 15 is 0 Å². The number of hydrogen-bond acceptors (Lipinski definition) is 33. The van der Waals surface area contributed by atoms with Crippen LogP contribution < -0.4 is 5.32 Å². The summed E-state index contributed by atoms with van der Waals surface area (Å²) in [4.78, 5) is 168. The molecule has 34 nitrogen and oxygen atoms in total. The first kappa shape index (κ1) is 73.7. The Morgan fingerprint density at radius 3 is 0.989 bits per heavy atom. The summed E-state index contributed by atoms with van der Waals surface area (Å²) in [7, 11) is 0. The molecule has 0 aromatic heterocycles. The van der Waals surface area contributed by atoms with Crippen molar-refractivity contribution in [3.8, 4) is 0 Å². The fourth-order valence-electron chi connectivity index (χ4n) is 10.0. The molecule has 506 valence electrons. The number of carbonyl (C=O) groups is 13. The van der Waals surface area contributed by atoms with Gasteiger partial charge in [0, 0.05) is 90.0 Å². The molecule has 20 unspecified atom stereocenters. The van der Waals surface area contributed by atoms with Gasteiger partial charge in [-0.2, -0.15) is 0 Å². The summed E-state index contributed by atoms with van der Waals surface area (Å²) in [6.45, 7) is 9.36. The number of rotatable bonds is 26. The van der Waals surface area contributed by atoms with E-state index in [0.29, 0.717) is 5.56 Å². The van der Waals surface area contributed by atoms with Crippen LogP contribution in [0.2, 0.25) is 0 Å². The summed E-state index contributed by atoms with van der Waals surface area (Å²) in [5.74, 6) is -12.9. The molecule has 1 aromatic carbocycles. The molecule has 4 heterocycles. The van der Waals surface area contributed by atoms with E-state index in [1.54, 1.807) is 30.3 Å². The van der Waals surface area contributed by atoms with E-state index < -0.39 is 227 Å². The lowest BCUT2D eigenvalue weighted by molar-refractivity contribution is -0.382. The Kier molecular flexibility index (Phi) is 27.9. The van der Waals surface area contributed by atoms with Crippen molar-refractivity contribution in [1.82, 2.24) is 5.32 Å². The van der Waals surface area contributed by atoms with Crippen molar-refractivity contribution < 1.29 is 157 Å². The Bertz CT molecular complexity index is 2760. The number of ether oxygens (including phenoxy) is 20. The smallest absolute Gasteiger partial charge is 0.303 e. The van der Waals surface area contributed by atoms with Crippen molar-refractivity contribution in [2.45, 2.75) is 219 Å². The molecular formula is C57H75NO33. The van der Waals surface area contributed by atoms with Crippen LogP contribution in [-0.2, 0) is 164 Å². The first-order valence-electron chi connectivity index (χ1n) is 28.2. The minimum atomic E-state index is -2.16. The average molecular weight is 1300 g/mol. The molecule has 4 aliphatic heterocycles. The van der Waals surface area contributed by atoms with Gasteiger partial charge in [0.15, 0.2) is 74.0 Å². The number of amides is 1. The van der Waals surface area contributed by atoms with Gasteiger partial charge >= 0.3 is 71.6 Å². The van der Waals surface area contributed by atoms with Crippen molar-refractivity contribution in [3.05, 3.63) is 35.9 Å². The molecule has 91 heavy (non-hydrogen) atoms. The molecule has 1 N–H and O–H groups in total. The highest BCUT2D eigenvalue weighted by molar-refractivity contribution is 5.74. The molecular weight excluding hydrogens is 1230 g/mol. The summed E-state index contributed by atoms with van der Waals surface area (Å²) in [5.41, 5.74) is 0.601. The van der Waals surface area contributed by atoms with E-state index in [4.69, 9.17) is 94.7 Å². The van der Waals surface area contributed by atoms with Crippen LogP contribution in [0.1, 0.15) is 95.6 Å². The summed E-state index contributed by atoms with van der Waals surface area (Å²) in [5, 5.41) is 2.54. The fraction of sp³-hybridized carbons (Fsp3) is 0.667. The standard InChI is InChI=1S/C57H75NO33/c1-24(59)58-42-47(79-31(8)66)43(89-56-52(83-35(12)70)48(80-32(9)67)44(77-29(6)64)39(87-56)21-73-26(3)61)38(20-72-25(2)60)85-54(42)91-50-45(78-30(7)65)40(22-74-27(4)62)88-57(53(50)84-36(13)71)90-46-41(23-75-28(5)63)86-55(76-19-37-17-15-14-16-18-37)51(82-34(11)69)49(46)81-33(10)68/h14-18,38-57H,19-23H2,1-13H3,(H,58,59). The minimum Gasteiger partial charge on any atom is -0.463 e. The second-order valence-electron chi connectivity index (χ2n) is 20.8.